The number of benzene rings is 1. The molecule has 1 aromatic carbocycles. The second kappa shape index (κ2) is 7.65. The van der Waals surface area contributed by atoms with E-state index in [0.29, 0.717) is 13.2 Å². The lowest BCUT2D eigenvalue weighted by atomic mass is 10.1. The Morgan fingerprint density at radius 2 is 1.93 bits per heavy atom. The molecule has 0 bridgehead atoms. The number of carbonyl (C=O) groups excluding carboxylic acids is 1. The largest absolute Gasteiger partial charge is 0.450 e. The number of fused-ring (bicyclic) bond motifs is 1. The molecular weight excluding hydrogens is 342 g/mol. The van der Waals surface area contributed by atoms with Crippen LogP contribution in [-0.2, 0) is 11.3 Å². The smallest absolute Gasteiger partial charge is 0.407 e. The third-order valence-electron chi connectivity index (χ3n) is 4.71. The van der Waals surface area contributed by atoms with Gasteiger partial charge >= 0.3 is 6.09 Å². The van der Waals surface area contributed by atoms with Crippen LogP contribution in [0.5, 0.6) is 0 Å². The van der Waals surface area contributed by atoms with Crippen LogP contribution < -0.4 is 10.2 Å². The lowest BCUT2D eigenvalue weighted by molar-refractivity contribution is 0.151. The maximum absolute atomic E-state index is 11.8. The molecule has 7 heteroatoms. The molecule has 0 aliphatic carbocycles. The number of amides is 1. The van der Waals surface area contributed by atoms with Crippen LogP contribution >= 0.6 is 0 Å². The first kappa shape index (κ1) is 17.3. The maximum atomic E-state index is 11.8. The van der Waals surface area contributed by atoms with E-state index in [2.05, 4.69) is 10.2 Å². The standard InChI is InChI=1S/C20H23N5O2/c1-2-27-20(26)21-14-16-19(15-8-4-3-5-9-15)22-17-10-11-18(23-25(16)17)24-12-6-7-13-24/h3-5,8-11H,2,6-7,12-14H2,1H3,(H,21,26). The fourth-order valence-corrected chi connectivity index (χ4v) is 3.41. The predicted octanol–water partition coefficient (Wildman–Crippen LogP) is 3.24. The molecule has 0 radical (unpaired) electrons. The molecule has 3 aromatic rings. The van der Waals surface area contributed by atoms with E-state index in [-0.39, 0.29) is 0 Å². The minimum Gasteiger partial charge on any atom is -0.450 e. The summed E-state index contributed by atoms with van der Waals surface area (Å²) >= 11 is 0. The van der Waals surface area contributed by atoms with Gasteiger partial charge in [0.15, 0.2) is 5.65 Å². The highest BCUT2D eigenvalue weighted by Gasteiger charge is 2.19. The summed E-state index contributed by atoms with van der Waals surface area (Å²) in [5.74, 6) is 0.939. The van der Waals surface area contributed by atoms with Gasteiger partial charge in [-0.05, 0) is 31.9 Å². The maximum Gasteiger partial charge on any atom is 0.407 e. The molecule has 0 atom stereocenters. The normalized spacial score (nSPS) is 13.9. The number of rotatable bonds is 5. The van der Waals surface area contributed by atoms with Crippen LogP contribution in [0.15, 0.2) is 42.5 Å². The Kier molecular flexibility index (Phi) is 4.91. The van der Waals surface area contributed by atoms with Gasteiger partial charge in [-0.3, -0.25) is 0 Å². The highest BCUT2D eigenvalue weighted by atomic mass is 16.5. The average Bonchev–Trinajstić information content (AvgIpc) is 3.35. The van der Waals surface area contributed by atoms with Crippen molar-refractivity contribution < 1.29 is 9.53 Å². The van der Waals surface area contributed by atoms with Gasteiger partial charge in [0, 0.05) is 18.7 Å². The van der Waals surface area contributed by atoms with Crippen LogP contribution in [0, 0.1) is 0 Å². The van der Waals surface area contributed by atoms with Gasteiger partial charge in [-0.15, -0.1) is 5.10 Å². The van der Waals surface area contributed by atoms with Crippen LogP contribution in [-0.4, -0.2) is 40.4 Å². The number of hydrogen-bond donors (Lipinski definition) is 1. The van der Waals surface area contributed by atoms with Crippen molar-refractivity contribution in [2.24, 2.45) is 0 Å². The summed E-state index contributed by atoms with van der Waals surface area (Å²) in [7, 11) is 0. The number of ether oxygens (including phenoxy) is 1. The number of carbonyl (C=O) groups is 1. The van der Waals surface area contributed by atoms with E-state index in [1.807, 2.05) is 47.0 Å². The first-order valence-corrected chi connectivity index (χ1v) is 9.36. The molecule has 7 nitrogen and oxygen atoms in total. The van der Waals surface area contributed by atoms with Crippen LogP contribution in [0.1, 0.15) is 25.5 Å². The second-order valence-corrected chi connectivity index (χ2v) is 6.50. The fourth-order valence-electron chi connectivity index (χ4n) is 3.41. The lowest BCUT2D eigenvalue weighted by Gasteiger charge is -2.16. The summed E-state index contributed by atoms with van der Waals surface area (Å²) < 4.78 is 6.83. The lowest BCUT2D eigenvalue weighted by Crippen LogP contribution is -2.25. The molecule has 140 valence electrons. The van der Waals surface area contributed by atoms with E-state index in [4.69, 9.17) is 14.8 Å². The zero-order valence-electron chi connectivity index (χ0n) is 15.4. The number of aromatic nitrogens is 3. The quantitative estimate of drug-likeness (QED) is 0.751. The monoisotopic (exact) mass is 365 g/mol. The molecule has 27 heavy (non-hydrogen) atoms. The molecule has 0 spiro atoms. The molecule has 1 aliphatic heterocycles. The van der Waals surface area contributed by atoms with Crippen molar-refractivity contribution >= 4 is 17.6 Å². The third kappa shape index (κ3) is 3.58. The van der Waals surface area contributed by atoms with Crippen molar-refractivity contribution in [3.63, 3.8) is 0 Å². The van der Waals surface area contributed by atoms with E-state index in [1.54, 1.807) is 6.92 Å². The van der Waals surface area contributed by atoms with Crippen LogP contribution in [0.3, 0.4) is 0 Å². The summed E-state index contributed by atoms with van der Waals surface area (Å²) in [5, 5.41) is 7.62. The SMILES string of the molecule is CCOC(=O)NCc1c(-c2ccccc2)nc2ccc(N3CCCC3)nn12. The van der Waals surface area contributed by atoms with Gasteiger partial charge in [0.2, 0.25) is 0 Å². The molecule has 3 heterocycles. The van der Waals surface area contributed by atoms with E-state index >= 15 is 0 Å². The predicted molar refractivity (Wildman–Crippen MR) is 104 cm³/mol. The van der Waals surface area contributed by atoms with Crippen LogP contribution in [0.2, 0.25) is 0 Å². The molecule has 2 aromatic heterocycles. The Balaban J connectivity index is 1.75. The second-order valence-electron chi connectivity index (χ2n) is 6.50. The molecule has 1 saturated heterocycles. The minimum absolute atomic E-state index is 0.292. The van der Waals surface area contributed by atoms with Crippen molar-refractivity contribution in [2.45, 2.75) is 26.3 Å². The molecule has 1 N–H and O–H groups in total. The van der Waals surface area contributed by atoms with E-state index in [1.165, 1.54) is 12.8 Å². The number of alkyl carbamates (subject to hydrolysis) is 1. The number of anilines is 1. The number of nitrogens with one attached hydrogen (secondary N) is 1. The van der Waals surface area contributed by atoms with E-state index in [0.717, 1.165) is 41.5 Å². The first-order valence-electron chi connectivity index (χ1n) is 9.36. The number of imidazole rings is 1. The first-order chi connectivity index (χ1) is 13.3. The molecule has 1 fully saturated rings. The Morgan fingerprint density at radius 1 is 1.15 bits per heavy atom. The van der Waals surface area contributed by atoms with Gasteiger partial charge < -0.3 is 15.0 Å². The van der Waals surface area contributed by atoms with Crippen LogP contribution in [0.4, 0.5) is 10.6 Å². The highest BCUT2D eigenvalue weighted by molar-refractivity contribution is 5.70. The minimum atomic E-state index is -0.442. The van der Waals surface area contributed by atoms with Crippen molar-refractivity contribution in [3.05, 3.63) is 48.2 Å². The summed E-state index contributed by atoms with van der Waals surface area (Å²) in [5.41, 5.74) is 3.41. The topological polar surface area (TPSA) is 71.8 Å². The van der Waals surface area contributed by atoms with Gasteiger partial charge in [-0.1, -0.05) is 30.3 Å². The van der Waals surface area contributed by atoms with Gasteiger partial charge in [0.1, 0.15) is 5.82 Å². The van der Waals surface area contributed by atoms with E-state index in [9.17, 15) is 4.79 Å². The van der Waals surface area contributed by atoms with Crippen LogP contribution in [0.25, 0.3) is 16.9 Å². The Hall–Kier alpha value is -3.09. The number of hydrogen-bond acceptors (Lipinski definition) is 5. The molecule has 0 unspecified atom stereocenters. The van der Waals surface area contributed by atoms with Crippen molar-refractivity contribution in [1.29, 1.82) is 0 Å². The summed E-state index contributed by atoms with van der Waals surface area (Å²) in [4.78, 5) is 18.9. The fraction of sp³-hybridized carbons (Fsp3) is 0.350. The van der Waals surface area contributed by atoms with Crippen molar-refractivity contribution in [3.8, 4) is 11.3 Å². The highest BCUT2D eigenvalue weighted by Crippen LogP contribution is 2.26. The van der Waals surface area contributed by atoms with Gasteiger partial charge in [0.05, 0.1) is 24.5 Å². The summed E-state index contributed by atoms with van der Waals surface area (Å²) in [6.07, 6.45) is 1.94. The Bertz CT molecular complexity index is 932. The summed E-state index contributed by atoms with van der Waals surface area (Å²) in [6.45, 7) is 4.46. The average molecular weight is 365 g/mol. The van der Waals surface area contributed by atoms with E-state index < -0.39 is 6.09 Å². The van der Waals surface area contributed by atoms with Gasteiger partial charge in [-0.25, -0.2) is 14.3 Å². The molecule has 1 amide bonds. The third-order valence-corrected chi connectivity index (χ3v) is 4.71. The van der Waals surface area contributed by atoms with Gasteiger partial charge in [-0.2, -0.15) is 0 Å². The zero-order chi connectivity index (χ0) is 18.6. The molecule has 0 saturated carbocycles. The zero-order valence-corrected chi connectivity index (χ0v) is 15.4. The van der Waals surface area contributed by atoms with Crippen molar-refractivity contribution in [1.82, 2.24) is 19.9 Å². The molecular formula is C20H23N5O2. The summed E-state index contributed by atoms with van der Waals surface area (Å²) in [6, 6.07) is 14.0. The Labute approximate surface area is 158 Å². The molecule has 1 aliphatic rings. The van der Waals surface area contributed by atoms with Crippen molar-refractivity contribution in [2.75, 3.05) is 24.6 Å². The number of nitrogens with zero attached hydrogens (tertiary/aromatic N) is 4. The Morgan fingerprint density at radius 3 is 2.67 bits per heavy atom. The van der Waals surface area contributed by atoms with Gasteiger partial charge in [0.25, 0.3) is 0 Å². The molecule has 4 rings (SSSR count).